The highest BCUT2D eigenvalue weighted by molar-refractivity contribution is 5.54. The molecule has 0 aliphatic rings. The molecule has 94 valence electrons. The second-order valence-corrected chi connectivity index (χ2v) is 4.68. The maximum absolute atomic E-state index is 4.25. The predicted octanol–water partition coefficient (Wildman–Crippen LogP) is 2.64. The summed E-state index contributed by atoms with van der Waals surface area (Å²) in [7, 11) is 4.21. The van der Waals surface area contributed by atoms with Gasteiger partial charge in [-0.2, -0.15) is 0 Å². The van der Waals surface area contributed by atoms with Gasteiger partial charge in [-0.15, -0.1) is 0 Å². The first kappa shape index (κ1) is 12.7. The average molecular weight is 241 g/mol. The fourth-order valence-electron chi connectivity index (χ4n) is 1.87. The summed E-state index contributed by atoms with van der Waals surface area (Å²) in [5.74, 6) is 0.789. The van der Waals surface area contributed by atoms with Gasteiger partial charge in [-0.25, -0.2) is 9.97 Å². The van der Waals surface area contributed by atoms with Crippen LogP contribution in [-0.2, 0) is 6.42 Å². The van der Waals surface area contributed by atoms with Crippen LogP contribution < -0.4 is 0 Å². The summed E-state index contributed by atoms with van der Waals surface area (Å²) in [6.07, 6.45) is 5.85. The summed E-state index contributed by atoms with van der Waals surface area (Å²) in [6, 6.07) is 10.4. The standard InChI is InChI=1S/C15H19N3/c1-18(2)12-3-5-13-6-8-14(9-7-13)15-16-10-4-11-17-15/h4,6-11H,3,5,12H2,1-2H3. The van der Waals surface area contributed by atoms with Crippen molar-refractivity contribution in [3.05, 3.63) is 48.3 Å². The molecular formula is C15H19N3. The monoisotopic (exact) mass is 241 g/mol. The fourth-order valence-corrected chi connectivity index (χ4v) is 1.87. The van der Waals surface area contributed by atoms with Gasteiger partial charge in [0.1, 0.15) is 0 Å². The van der Waals surface area contributed by atoms with Crippen LogP contribution in [0.3, 0.4) is 0 Å². The molecule has 0 fully saturated rings. The lowest BCUT2D eigenvalue weighted by Gasteiger charge is -2.09. The normalized spacial score (nSPS) is 10.8. The lowest BCUT2D eigenvalue weighted by Crippen LogP contribution is -2.13. The largest absolute Gasteiger partial charge is 0.309 e. The van der Waals surface area contributed by atoms with E-state index in [0.29, 0.717) is 0 Å². The fraction of sp³-hybridized carbons (Fsp3) is 0.333. The van der Waals surface area contributed by atoms with Crippen molar-refractivity contribution in [2.45, 2.75) is 12.8 Å². The van der Waals surface area contributed by atoms with E-state index in [-0.39, 0.29) is 0 Å². The van der Waals surface area contributed by atoms with Crippen LogP contribution in [0.5, 0.6) is 0 Å². The summed E-state index contributed by atoms with van der Waals surface area (Å²) in [5, 5.41) is 0. The molecule has 0 saturated carbocycles. The van der Waals surface area contributed by atoms with Gasteiger partial charge in [-0.1, -0.05) is 24.3 Å². The van der Waals surface area contributed by atoms with Crippen LogP contribution in [0.25, 0.3) is 11.4 Å². The van der Waals surface area contributed by atoms with Crippen LogP contribution in [0.2, 0.25) is 0 Å². The Morgan fingerprint density at radius 2 is 1.67 bits per heavy atom. The molecule has 3 heteroatoms. The highest BCUT2D eigenvalue weighted by atomic mass is 15.0. The Bertz CT molecular complexity index is 463. The Labute approximate surface area is 109 Å². The van der Waals surface area contributed by atoms with Crippen LogP contribution in [0, 0.1) is 0 Å². The van der Waals surface area contributed by atoms with E-state index in [1.807, 2.05) is 6.07 Å². The number of aromatic nitrogens is 2. The third-order valence-electron chi connectivity index (χ3n) is 2.85. The molecule has 0 spiro atoms. The summed E-state index contributed by atoms with van der Waals surface area (Å²) >= 11 is 0. The third-order valence-corrected chi connectivity index (χ3v) is 2.85. The molecule has 2 rings (SSSR count). The molecule has 0 aliphatic carbocycles. The lowest BCUT2D eigenvalue weighted by atomic mass is 10.1. The van der Waals surface area contributed by atoms with E-state index in [9.17, 15) is 0 Å². The number of hydrogen-bond acceptors (Lipinski definition) is 3. The van der Waals surface area contributed by atoms with Crippen LogP contribution in [0.15, 0.2) is 42.7 Å². The van der Waals surface area contributed by atoms with Crippen LogP contribution in [0.1, 0.15) is 12.0 Å². The van der Waals surface area contributed by atoms with E-state index in [1.165, 1.54) is 12.0 Å². The van der Waals surface area contributed by atoms with Gasteiger partial charge in [0.15, 0.2) is 5.82 Å². The molecule has 0 bridgehead atoms. The topological polar surface area (TPSA) is 29.0 Å². The summed E-state index contributed by atoms with van der Waals surface area (Å²) in [6.45, 7) is 1.13. The molecule has 1 aromatic carbocycles. The molecule has 3 nitrogen and oxygen atoms in total. The molecule has 0 atom stereocenters. The Balaban J connectivity index is 1.98. The SMILES string of the molecule is CN(C)CCCc1ccc(-c2ncccn2)cc1. The molecule has 18 heavy (non-hydrogen) atoms. The second-order valence-electron chi connectivity index (χ2n) is 4.68. The Morgan fingerprint density at radius 1 is 1.00 bits per heavy atom. The van der Waals surface area contributed by atoms with Gasteiger partial charge in [0.05, 0.1) is 0 Å². The van der Waals surface area contributed by atoms with Crippen molar-refractivity contribution in [3.8, 4) is 11.4 Å². The molecule has 1 heterocycles. The number of hydrogen-bond donors (Lipinski definition) is 0. The predicted molar refractivity (Wildman–Crippen MR) is 74.3 cm³/mol. The van der Waals surface area contributed by atoms with Crippen molar-refractivity contribution < 1.29 is 0 Å². The zero-order valence-electron chi connectivity index (χ0n) is 11.0. The number of aryl methyl sites for hydroxylation is 1. The van der Waals surface area contributed by atoms with E-state index in [0.717, 1.165) is 24.4 Å². The minimum Gasteiger partial charge on any atom is -0.309 e. The van der Waals surface area contributed by atoms with Gasteiger partial charge in [0.25, 0.3) is 0 Å². The van der Waals surface area contributed by atoms with E-state index < -0.39 is 0 Å². The molecule has 2 aromatic rings. The Hall–Kier alpha value is -1.74. The summed E-state index contributed by atoms with van der Waals surface area (Å²) < 4.78 is 0. The smallest absolute Gasteiger partial charge is 0.159 e. The van der Waals surface area contributed by atoms with Crippen molar-refractivity contribution in [1.82, 2.24) is 14.9 Å². The quantitative estimate of drug-likeness (QED) is 0.806. The minimum absolute atomic E-state index is 0.789. The number of nitrogens with zero attached hydrogens (tertiary/aromatic N) is 3. The third kappa shape index (κ3) is 3.64. The zero-order valence-corrected chi connectivity index (χ0v) is 11.0. The van der Waals surface area contributed by atoms with E-state index in [2.05, 4.69) is 53.2 Å². The highest BCUT2D eigenvalue weighted by Crippen LogP contribution is 2.15. The van der Waals surface area contributed by atoms with Gasteiger partial charge in [-0.3, -0.25) is 0 Å². The van der Waals surface area contributed by atoms with Gasteiger partial charge in [0, 0.05) is 18.0 Å². The van der Waals surface area contributed by atoms with E-state index in [4.69, 9.17) is 0 Å². The van der Waals surface area contributed by atoms with Crippen molar-refractivity contribution in [2.75, 3.05) is 20.6 Å². The van der Waals surface area contributed by atoms with Crippen LogP contribution in [0.4, 0.5) is 0 Å². The minimum atomic E-state index is 0.789. The molecule has 1 aromatic heterocycles. The maximum atomic E-state index is 4.25. The number of benzene rings is 1. The first-order valence-corrected chi connectivity index (χ1v) is 6.27. The lowest BCUT2D eigenvalue weighted by molar-refractivity contribution is 0.400. The van der Waals surface area contributed by atoms with Crippen molar-refractivity contribution >= 4 is 0 Å². The first-order valence-electron chi connectivity index (χ1n) is 6.27. The van der Waals surface area contributed by atoms with Gasteiger partial charge in [-0.05, 0) is 45.1 Å². The van der Waals surface area contributed by atoms with Gasteiger partial charge < -0.3 is 4.90 Å². The molecular weight excluding hydrogens is 222 g/mol. The Morgan fingerprint density at radius 3 is 2.28 bits per heavy atom. The van der Waals surface area contributed by atoms with Gasteiger partial charge in [0.2, 0.25) is 0 Å². The van der Waals surface area contributed by atoms with Crippen LogP contribution >= 0.6 is 0 Å². The van der Waals surface area contributed by atoms with Crippen molar-refractivity contribution in [1.29, 1.82) is 0 Å². The summed E-state index contributed by atoms with van der Waals surface area (Å²) in [4.78, 5) is 10.7. The molecule has 0 amide bonds. The van der Waals surface area contributed by atoms with Crippen LogP contribution in [-0.4, -0.2) is 35.5 Å². The van der Waals surface area contributed by atoms with Crippen molar-refractivity contribution in [3.63, 3.8) is 0 Å². The number of rotatable bonds is 5. The van der Waals surface area contributed by atoms with Gasteiger partial charge >= 0.3 is 0 Å². The molecule has 0 radical (unpaired) electrons. The molecule has 0 N–H and O–H groups in total. The maximum Gasteiger partial charge on any atom is 0.159 e. The first-order chi connectivity index (χ1) is 8.75. The second kappa shape index (κ2) is 6.26. The molecule has 0 aliphatic heterocycles. The van der Waals surface area contributed by atoms with Crippen molar-refractivity contribution in [2.24, 2.45) is 0 Å². The van der Waals surface area contributed by atoms with E-state index >= 15 is 0 Å². The molecule has 0 saturated heterocycles. The molecule has 0 unspecified atom stereocenters. The van der Waals surface area contributed by atoms with E-state index in [1.54, 1.807) is 12.4 Å². The Kier molecular flexibility index (Phi) is 4.42. The summed E-state index contributed by atoms with van der Waals surface area (Å²) in [5.41, 5.74) is 2.45. The zero-order chi connectivity index (χ0) is 12.8. The highest BCUT2D eigenvalue weighted by Gasteiger charge is 2.00. The average Bonchev–Trinajstić information content (AvgIpc) is 2.40.